The summed E-state index contributed by atoms with van der Waals surface area (Å²) in [6.07, 6.45) is -3.82. The molecule has 2 aromatic carbocycles. The van der Waals surface area contributed by atoms with Crippen molar-refractivity contribution in [3.63, 3.8) is 0 Å². The molecule has 0 spiro atoms. The van der Waals surface area contributed by atoms with E-state index in [1.54, 1.807) is 13.2 Å². The molecule has 1 N–H and O–H groups in total. The number of anilines is 1. The van der Waals surface area contributed by atoms with Crippen molar-refractivity contribution in [1.29, 1.82) is 0 Å². The van der Waals surface area contributed by atoms with E-state index in [1.807, 2.05) is 25.1 Å². The van der Waals surface area contributed by atoms with Crippen molar-refractivity contribution < 1.29 is 22.7 Å². The molecule has 0 saturated heterocycles. The third kappa shape index (κ3) is 5.00. The summed E-state index contributed by atoms with van der Waals surface area (Å²) >= 11 is 1.20. The monoisotopic (exact) mass is 420 g/mol. The van der Waals surface area contributed by atoms with Crippen molar-refractivity contribution in [2.45, 2.75) is 24.5 Å². The van der Waals surface area contributed by atoms with Crippen LogP contribution in [0.1, 0.15) is 18.1 Å². The maximum Gasteiger partial charge on any atom is 0.418 e. The molecule has 152 valence electrons. The summed E-state index contributed by atoms with van der Waals surface area (Å²) in [5, 5.41) is 3.98. The van der Waals surface area contributed by atoms with Crippen LogP contribution in [0.25, 0.3) is 10.9 Å². The molecule has 0 atom stereocenters. The number of benzene rings is 2. The Morgan fingerprint density at radius 2 is 1.93 bits per heavy atom. The number of carbonyl (C=O) groups is 1. The largest absolute Gasteiger partial charge is 0.497 e. The maximum atomic E-state index is 13.1. The highest BCUT2D eigenvalue weighted by atomic mass is 32.2. The van der Waals surface area contributed by atoms with Gasteiger partial charge in [-0.15, -0.1) is 0 Å². The van der Waals surface area contributed by atoms with E-state index in [0.717, 1.165) is 29.0 Å². The SMILES string of the molecule is CCc1cc2ccc(OC)cc2nc1SCC(=O)Nc1ccccc1C(F)(F)F. The number of alkyl halides is 3. The fourth-order valence-electron chi connectivity index (χ4n) is 2.84. The lowest BCUT2D eigenvalue weighted by Gasteiger charge is -2.14. The van der Waals surface area contributed by atoms with E-state index in [1.165, 1.54) is 30.0 Å². The van der Waals surface area contributed by atoms with Gasteiger partial charge in [0.2, 0.25) is 5.91 Å². The summed E-state index contributed by atoms with van der Waals surface area (Å²) in [5.41, 5.74) is 0.573. The Hall–Kier alpha value is -2.74. The van der Waals surface area contributed by atoms with Gasteiger partial charge >= 0.3 is 6.18 Å². The van der Waals surface area contributed by atoms with Crippen LogP contribution in [0, 0.1) is 0 Å². The number of methoxy groups -OCH3 is 1. The van der Waals surface area contributed by atoms with Crippen LogP contribution in [0.5, 0.6) is 5.75 Å². The second kappa shape index (κ2) is 8.73. The number of carbonyl (C=O) groups excluding carboxylic acids is 1. The van der Waals surface area contributed by atoms with Crippen LogP contribution < -0.4 is 10.1 Å². The number of thioether (sulfide) groups is 1. The minimum absolute atomic E-state index is 0.0539. The van der Waals surface area contributed by atoms with Gasteiger partial charge in [-0.2, -0.15) is 13.2 Å². The zero-order valence-corrected chi connectivity index (χ0v) is 16.7. The number of aryl methyl sites for hydroxylation is 1. The second-order valence-corrected chi connectivity index (χ2v) is 7.21. The van der Waals surface area contributed by atoms with Gasteiger partial charge < -0.3 is 10.1 Å². The first kappa shape index (κ1) is 21.0. The van der Waals surface area contributed by atoms with Crippen LogP contribution in [0.15, 0.2) is 53.6 Å². The van der Waals surface area contributed by atoms with Crippen molar-refractivity contribution in [3.8, 4) is 5.75 Å². The van der Waals surface area contributed by atoms with E-state index in [2.05, 4.69) is 10.3 Å². The summed E-state index contributed by atoms with van der Waals surface area (Å²) in [5.74, 6) is 0.0924. The number of hydrogen-bond donors (Lipinski definition) is 1. The van der Waals surface area contributed by atoms with Gasteiger partial charge in [0, 0.05) is 11.5 Å². The van der Waals surface area contributed by atoms with Gasteiger partial charge in [0.1, 0.15) is 10.8 Å². The molecule has 0 radical (unpaired) electrons. The summed E-state index contributed by atoms with van der Waals surface area (Å²) in [6.45, 7) is 1.98. The molecule has 0 fully saturated rings. The van der Waals surface area contributed by atoms with Gasteiger partial charge in [0.15, 0.2) is 0 Å². The predicted molar refractivity (Wildman–Crippen MR) is 108 cm³/mol. The van der Waals surface area contributed by atoms with Crippen molar-refractivity contribution in [2.75, 3.05) is 18.2 Å². The van der Waals surface area contributed by atoms with Crippen LogP contribution in [0.4, 0.5) is 18.9 Å². The van der Waals surface area contributed by atoms with Crippen molar-refractivity contribution >= 4 is 34.3 Å². The molecule has 3 rings (SSSR count). The number of aromatic nitrogens is 1. The highest BCUT2D eigenvalue weighted by molar-refractivity contribution is 8.00. The van der Waals surface area contributed by atoms with E-state index in [0.29, 0.717) is 10.8 Å². The molecule has 29 heavy (non-hydrogen) atoms. The Morgan fingerprint density at radius 3 is 2.62 bits per heavy atom. The summed E-state index contributed by atoms with van der Waals surface area (Å²) in [7, 11) is 1.57. The third-order valence-electron chi connectivity index (χ3n) is 4.29. The number of para-hydroxylation sites is 1. The van der Waals surface area contributed by atoms with E-state index in [9.17, 15) is 18.0 Å². The van der Waals surface area contributed by atoms with Gasteiger partial charge in [-0.1, -0.05) is 30.8 Å². The highest BCUT2D eigenvalue weighted by Gasteiger charge is 2.33. The molecular weight excluding hydrogens is 401 g/mol. The number of pyridine rings is 1. The van der Waals surface area contributed by atoms with Crippen LogP contribution in [-0.2, 0) is 17.4 Å². The smallest absolute Gasteiger partial charge is 0.418 e. The topological polar surface area (TPSA) is 51.2 Å². The van der Waals surface area contributed by atoms with E-state index >= 15 is 0 Å². The molecule has 8 heteroatoms. The van der Waals surface area contributed by atoms with Crippen molar-refractivity contribution in [1.82, 2.24) is 4.98 Å². The molecule has 0 saturated carbocycles. The Kier molecular flexibility index (Phi) is 6.32. The minimum Gasteiger partial charge on any atom is -0.497 e. The molecule has 1 amide bonds. The van der Waals surface area contributed by atoms with Gasteiger partial charge in [-0.05, 0) is 42.3 Å². The lowest BCUT2D eigenvalue weighted by molar-refractivity contribution is -0.137. The third-order valence-corrected chi connectivity index (χ3v) is 5.32. The second-order valence-electron chi connectivity index (χ2n) is 6.25. The maximum absolute atomic E-state index is 13.1. The molecular formula is C21H19F3N2O2S. The standard InChI is InChI=1S/C21H19F3N2O2S/c1-3-13-10-14-8-9-15(28-2)11-18(14)26-20(13)29-12-19(27)25-17-7-5-4-6-16(17)21(22,23)24/h4-11H,3,12H2,1-2H3,(H,25,27). The lowest BCUT2D eigenvalue weighted by Crippen LogP contribution is -2.18. The van der Waals surface area contributed by atoms with Gasteiger partial charge in [0.05, 0.1) is 29.6 Å². The number of rotatable bonds is 6. The molecule has 0 aliphatic heterocycles. The predicted octanol–water partition coefficient (Wildman–Crippen LogP) is 5.56. The Morgan fingerprint density at radius 1 is 1.17 bits per heavy atom. The molecule has 0 bridgehead atoms. The molecule has 1 aromatic heterocycles. The Balaban J connectivity index is 1.77. The summed E-state index contributed by atoms with van der Waals surface area (Å²) in [4.78, 5) is 16.9. The number of amides is 1. The minimum atomic E-state index is -4.54. The highest BCUT2D eigenvalue weighted by Crippen LogP contribution is 2.35. The van der Waals surface area contributed by atoms with E-state index in [-0.39, 0.29) is 11.4 Å². The summed E-state index contributed by atoms with van der Waals surface area (Å²) in [6, 6.07) is 12.5. The van der Waals surface area contributed by atoms with Crippen molar-refractivity contribution in [3.05, 3.63) is 59.7 Å². The van der Waals surface area contributed by atoms with Gasteiger partial charge in [0.25, 0.3) is 0 Å². The first-order valence-corrected chi connectivity index (χ1v) is 9.87. The molecule has 0 unspecified atom stereocenters. The van der Waals surface area contributed by atoms with Crippen LogP contribution >= 0.6 is 11.8 Å². The number of fused-ring (bicyclic) bond motifs is 1. The fourth-order valence-corrected chi connectivity index (χ4v) is 3.73. The quantitative estimate of drug-likeness (QED) is 0.531. The molecule has 3 aromatic rings. The zero-order valence-electron chi connectivity index (χ0n) is 15.8. The Labute approximate surface area is 170 Å². The Bertz CT molecular complexity index is 1040. The number of hydrogen-bond acceptors (Lipinski definition) is 4. The average Bonchev–Trinajstić information content (AvgIpc) is 2.70. The normalized spacial score (nSPS) is 11.5. The zero-order chi connectivity index (χ0) is 21.0. The van der Waals surface area contributed by atoms with Crippen molar-refractivity contribution in [2.24, 2.45) is 0 Å². The van der Waals surface area contributed by atoms with E-state index in [4.69, 9.17) is 4.74 Å². The molecule has 4 nitrogen and oxygen atoms in total. The van der Waals surface area contributed by atoms with Gasteiger partial charge in [-0.3, -0.25) is 4.79 Å². The van der Waals surface area contributed by atoms with Crippen LogP contribution in [0.3, 0.4) is 0 Å². The molecule has 1 heterocycles. The van der Waals surface area contributed by atoms with Gasteiger partial charge in [-0.25, -0.2) is 4.98 Å². The molecule has 0 aliphatic rings. The first-order chi connectivity index (χ1) is 13.8. The number of nitrogens with zero attached hydrogens (tertiary/aromatic N) is 1. The molecule has 0 aliphatic carbocycles. The number of ether oxygens (including phenoxy) is 1. The van der Waals surface area contributed by atoms with Crippen LogP contribution in [-0.4, -0.2) is 23.8 Å². The van der Waals surface area contributed by atoms with Crippen LogP contribution in [0.2, 0.25) is 0 Å². The lowest BCUT2D eigenvalue weighted by atomic mass is 10.1. The first-order valence-electron chi connectivity index (χ1n) is 8.88. The van der Waals surface area contributed by atoms with E-state index < -0.39 is 17.6 Å². The number of nitrogens with one attached hydrogen (secondary N) is 1. The average molecular weight is 420 g/mol. The fraction of sp³-hybridized carbons (Fsp3) is 0.238. The summed E-state index contributed by atoms with van der Waals surface area (Å²) < 4.78 is 44.5. The number of halogens is 3.